The molecule has 2 aromatic carbocycles. The summed E-state index contributed by atoms with van der Waals surface area (Å²) in [5.41, 5.74) is 1.81. The Morgan fingerprint density at radius 3 is 2.43 bits per heavy atom. The maximum Gasteiger partial charge on any atom is 0.175 e. The van der Waals surface area contributed by atoms with Crippen molar-refractivity contribution in [3.8, 4) is 11.5 Å². The van der Waals surface area contributed by atoms with Crippen LogP contribution in [-0.4, -0.2) is 7.11 Å². The molecular formula is C15H12Br3FO2. The summed E-state index contributed by atoms with van der Waals surface area (Å²) >= 11 is 10.1. The third-order valence-corrected chi connectivity index (χ3v) is 4.44. The first-order valence-electron chi connectivity index (χ1n) is 6.03. The quantitative estimate of drug-likeness (QED) is 0.499. The van der Waals surface area contributed by atoms with Crippen LogP contribution in [0.3, 0.4) is 0 Å². The molecule has 112 valence electrons. The van der Waals surface area contributed by atoms with Gasteiger partial charge in [0.25, 0.3) is 0 Å². The zero-order chi connectivity index (χ0) is 15.4. The molecule has 2 aromatic rings. The van der Waals surface area contributed by atoms with E-state index in [1.807, 2.05) is 18.2 Å². The molecule has 0 saturated carbocycles. The van der Waals surface area contributed by atoms with Crippen molar-refractivity contribution >= 4 is 47.8 Å². The summed E-state index contributed by atoms with van der Waals surface area (Å²) in [6.45, 7) is 0.249. The Bertz CT molecular complexity index is 627. The van der Waals surface area contributed by atoms with Crippen LogP contribution in [0.2, 0.25) is 0 Å². The molecule has 0 bridgehead atoms. The summed E-state index contributed by atoms with van der Waals surface area (Å²) in [6, 6.07) is 8.52. The summed E-state index contributed by atoms with van der Waals surface area (Å²) in [5.74, 6) is 0.931. The number of hydrogen-bond acceptors (Lipinski definition) is 2. The molecule has 0 radical (unpaired) electrons. The average Bonchev–Trinajstić information content (AvgIpc) is 2.44. The standard InChI is InChI=1S/C15H12Br3FO2/c1-20-14-5-9(7-16)4-13(18)15(14)21-8-10-2-11(17)6-12(19)3-10/h2-6H,7-8H2,1H3. The summed E-state index contributed by atoms with van der Waals surface area (Å²) in [5, 5.41) is 0.721. The number of alkyl halides is 1. The van der Waals surface area contributed by atoms with Gasteiger partial charge >= 0.3 is 0 Å². The third kappa shape index (κ3) is 4.44. The van der Waals surface area contributed by atoms with E-state index in [9.17, 15) is 4.39 Å². The third-order valence-electron chi connectivity index (χ3n) is 2.75. The van der Waals surface area contributed by atoms with Gasteiger partial charge < -0.3 is 9.47 Å². The summed E-state index contributed by atoms with van der Waals surface area (Å²) in [4.78, 5) is 0. The lowest BCUT2D eigenvalue weighted by Crippen LogP contribution is -2.00. The maximum absolute atomic E-state index is 13.4. The molecule has 0 fully saturated rings. The van der Waals surface area contributed by atoms with Crippen molar-refractivity contribution in [2.24, 2.45) is 0 Å². The lowest BCUT2D eigenvalue weighted by molar-refractivity contribution is 0.282. The van der Waals surface area contributed by atoms with Gasteiger partial charge in [-0.25, -0.2) is 4.39 Å². The molecule has 0 aliphatic rings. The Balaban J connectivity index is 2.23. The highest BCUT2D eigenvalue weighted by atomic mass is 79.9. The summed E-state index contributed by atoms with van der Waals surface area (Å²) in [7, 11) is 1.59. The fourth-order valence-corrected chi connectivity index (χ4v) is 3.28. The predicted octanol–water partition coefficient (Wildman–Crippen LogP) is 5.83. The van der Waals surface area contributed by atoms with Crippen molar-refractivity contribution in [3.63, 3.8) is 0 Å². The van der Waals surface area contributed by atoms with Crippen molar-refractivity contribution in [2.45, 2.75) is 11.9 Å². The SMILES string of the molecule is COc1cc(CBr)cc(Br)c1OCc1cc(F)cc(Br)c1. The topological polar surface area (TPSA) is 18.5 Å². The summed E-state index contributed by atoms with van der Waals surface area (Å²) < 4.78 is 26.0. The fraction of sp³-hybridized carbons (Fsp3) is 0.200. The van der Waals surface area contributed by atoms with Crippen LogP contribution in [0.1, 0.15) is 11.1 Å². The minimum atomic E-state index is -0.302. The van der Waals surface area contributed by atoms with E-state index < -0.39 is 0 Å². The Morgan fingerprint density at radius 2 is 1.81 bits per heavy atom. The van der Waals surface area contributed by atoms with Crippen LogP contribution in [0.15, 0.2) is 39.3 Å². The molecule has 0 atom stereocenters. The Hall–Kier alpha value is -0.590. The van der Waals surface area contributed by atoms with E-state index in [0.717, 1.165) is 20.9 Å². The van der Waals surface area contributed by atoms with E-state index in [2.05, 4.69) is 47.8 Å². The Morgan fingerprint density at radius 1 is 1.05 bits per heavy atom. The van der Waals surface area contributed by atoms with Crippen LogP contribution in [0, 0.1) is 5.82 Å². The zero-order valence-corrected chi connectivity index (χ0v) is 15.9. The second-order valence-electron chi connectivity index (χ2n) is 4.31. The van der Waals surface area contributed by atoms with Gasteiger partial charge in [0.05, 0.1) is 11.6 Å². The van der Waals surface area contributed by atoms with E-state index in [-0.39, 0.29) is 12.4 Å². The van der Waals surface area contributed by atoms with Crippen molar-refractivity contribution < 1.29 is 13.9 Å². The average molecular weight is 483 g/mol. The molecule has 0 aliphatic heterocycles. The highest BCUT2D eigenvalue weighted by Crippen LogP contribution is 2.37. The molecular weight excluding hydrogens is 471 g/mol. The van der Waals surface area contributed by atoms with Crippen molar-refractivity contribution in [1.82, 2.24) is 0 Å². The zero-order valence-electron chi connectivity index (χ0n) is 11.1. The minimum absolute atomic E-state index is 0.249. The number of hydrogen-bond donors (Lipinski definition) is 0. The molecule has 0 aromatic heterocycles. The molecule has 0 unspecified atom stereocenters. The second kappa shape index (κ2) is 7.61. The van der Waals surface area contributed by atoms with Crippen LogP contribution in [0.4, 0.5) is 4.39 Å². The molecule has 2 rings (SSSR count). The molecule has 0 amide bonds. The highest BCUT2D eigenvalue weighted by Gasteiger charge is 2.12. The Labute approximate surface area is 148 Å². The van der Waals surface area contributed by atoms with Crippen molar-refractivity contribution in [2.75, 3.05) is 7.11 Å². The normalized spacial score (nSPS) is 10.5. The van der Waals surface area contributed by atoms with E-state index in [1.54, 1.807) is 7.11 Å². The summed E-state index contributed by atoms with van der Waals surface area (Å²) in [6.07, 6.45) is 0. The van der Waals surface area contributed by atoms with Gasteiger partial charge in [-0.2, -0.15) is 0 Å². The van der Waals surface area contributed by atoms with Crippen molar-refractivity contribution in [1.29, 1.82) is 0 Å². The molecule has 2 nitrogen and oxygen atoms in total. The van der Waals surface area contributed by atoms with Crippen LogP contribution in [0.5, 0.6) is 11.5 Å². The van der Waals surface area contributed by atoms with Crippen molar-refractivity contribution in [3.05, 3.63) is 56.2 Å². The molecule has 0 aliphatic carbocycles. The molecule has 0 saturated heterocycles. The maximum atomic E-state index is 13.4. The first kappa shape index (κ1) is 16.8. The lowest BCUT2D eigenvalue weighted by Gasteiger charge is -2.14. The minimum Gasteiger partial charge on any atom is -0.493 e. The van der Waals surface area contributed by atoms with Gasteiger partial charge in [-0.1, -0.05) is 31.9 Å². The lowest BCUT2D eigenvalue weighted by atomic mass is 10.2. The molecule has 6 heteroatoms. The fourth-order valence-electron chi connectivity index (χ4n) is 1.84. The molecule has 0 N–H and O–H groups in total. The van der Waals surface area contributed by atoms with Crippen LogP contribution in [-0.2, 0) is 11.9 Å². The van der Waals surface area contributed by atoms with Gasteiger partial charge in [-0.15, -0.1) is 0 Å². The van der Waals surface area contributed by atoms with Crippen LogP contribution >= 0.6 is 47.8 Å². The van der Waals surface area contributed by atoms with Gasteiger partial charge in [-0.05, 0) is 57.4 Å². The first-order chi connectivity index (χ1) is 10.0. The number of ether oxygens (including phenoxy) is 2. The number of methoxy groups -OCH3 is 1. The number of halogens is 4. The number of benzene rings is 2. The van der Waals surface area contributed by atoms with Gasteiger partial charge in [0.1, 0.15) is 12.4 Å². The van der Waals surface area contributed by atoms with E-state index in [1.165, 1.54) is 12.1 Å². The predicted molar refractivity (Wildman–Crippen MR) is 91.8 cm³/mol. The van der Waals surface area contributed by atoms with Gasteiger partial charge in [0.15, 0.2) is 11.5 Å². The Kier molecular flexibility index (Phi) is 6.08. The van der Waals surface area contributed by atoms with E-state index >= 15 is 0 Å². The first-order valence-corrected chi connectivity index (χ1v) is 8.74. The molecule has 0 heterocycles. The molecule has 0 spiro atoms. The van der Waals surface area contributed by atoms with E-state index in [0.29, 0.717) is 16.0 Å². The largest absolute Gasteiger partial charge is 0.493 e. The smallest absolute Gasteiger partial charge is 0.175 e. The molecule has 21 heavy (non-hydrogen) atoms. The number of rotatable bonds is 5. The van der Waals surface area contributed by atoms with E-state index in [4.69, 9.17) is 9.47 Å². The van der Waals surface area contributed by atoms with Gasteiger partial charge in [0, 0.05) is 9.80 Å². The van der Waals surface area contributed by atoms with Crippen LogP contribution in [0.25, 0.3) is 0 Å². The monoisotopic (exact) mass is 480 g/mol. The highest BCUT2D eigenvalue weighted by molar-refractivity contribution is 9.11. The van der Waals surface area contributed by atoms with Crippen LogP contribution < -0.4 is 9.47 Å². The van der Waals surface area contributed by atoms with Gasteiger partial charge in [-0.3, -0.25) is 0 Å². The second-order valence-corrected chi connectivity index (χ2v) is 6.64. The van der Waals surface area contributed by atoms with Gasteiger partial charge in [0.2, 0.25) is 0 Å².